The molecule has 0 saturated heterocycles. The van der Waals surface area contributed by atoms with Crippen molar-refractivity contribution in [2.24, 2.45) is 0 Å². The van der Waals surface area contributed by atoms with Gasteiger partial charge in [-0.25, -0.2) is 0 Å². The van der Waals surface area contributed by atoms with E-state index in [4.69, 9.17) is 11.6 Å². The van der Waals surface area contributed by atoms with Gasteiger partial charge in [0.25, 0.3) is 0 Å². The summed E-state index contributed by atoms with van der Waals surface area (Å²) in [6, 6.07) is 13.1. The summed E-state index contributed by atoms with van der Waals surface area (Å²) in [5.74, 6) is 0.530. The summed E-state index contributed by atoms with van der Waals surface area (Å²) in [6.45, 7) is 1.04. The average Bonchev–Trinajstić information content (AvgIpc) is 2.66. The van der Waals surface area contributed by atoms with Gasteiger partial charge in [-0.15, -0.1) is 0 Å². The predicted molar refractivity (Wildman–Crippen MR) is 89.8 cm³/mol. The third-order valence-corrected chi connectivity index (χ3v) is 5.63. The lowest BCUT2D eigenvalue weighted by Crippen LogP contribution is -2.39. The van der Waals surface area contributed by atoms with Crippen molar-refractivity contribution < 1.29 is 5.11 Å². The van der Waals surface area contributed by atoms with Gasteiger partial charge in [-0.1, -0.05) is 35.9 Å². The molecule has 2 nitrogen and oxygen atoms in total. The van der Waals surface area contributed by atoms with Crippen LogP contribution in [0.1, 0.15) is 34.6 Å². The summed E-state index contributed by atoms with van der Waals surface area (Å²) in [5.41, 5.74) is 5.39. The highest BCUT2D eigenvalue weighted by molar-refractivity contribution is 6.32. The van der Waals surface area contributed by atoms with Crippen molar-refractivity contribution in [2.75, 3.05) is 13.6 Å². The Morgan fingerprint density at radius 1 is 1.09 bits per heavy atom. The molecule has 2 aromatic rings. The van der Waals surface area contributed by atoms with Gasteiger partial charge in [0.2, 0.25) is 0 Å². The maximum Gasteiger partial charge on any atom is 0.134 e. The van der Waals surface area contributed by atoms with E-state index in [-0.39, 0.29) is 5.75 Å². The van der Waals surface area contributed by atoms with Crippen LogP contribution in [0, 0.1) is 0 Å². The Labute approximate surface area is 136 Å². The molecule has 1 unspecified atom stereocenters. The van der Waals surface area contributed by atoms with E-state index >= 15 is 0 Å². The molecule has 3 heteroatoms. The third kappa shape index (κ3) is 2.13. The van der Waals surface area contributed by atoms with Crippen molar-refractivity contribution in [1.29, 1.82) is 0 Å². The molecule has 0 bridgehead atoms. The van der Waals surface area contributed by atoms with Crippen LogP contribution in [0.5, 0.6) is 5.75 Å². The molecule has 2 atom stereocenters. The predicted octanol–water partition coefficient (Wildman–Crippen LogP) is 3.98. The van der Waals surface area contributed by atoms with Gasteiger partial charge in [0, 0.05) is 18.5 Å². The highest BCUT2D eigenvalue weighted by Crippen LogP contribution is 2.44. The lowest BCUT2D eigenvalue weighted by Gasteiger charge is -2.38. The van der Waals surface area contributed by atoms with Gasteiger partial charge in [-0.3, -0.25) is 0 Å². The molecule has 4 rings (SSSR count). The average molecular weight is 314 g/mol. The van der Waals surface area contributed by atoms with Crippen LogP contribution in [0.4, 0.5) is 0 Å². The van der Waals surface area contributed by atoms with Crippen LogP contribution in [-0.4, -0.2) is 29.6 Å². The maximum absolute atomic E-state index is 10.1. The van der Waals surface area contributed by atoms with Crippen LogP contribution in [0.2, 0.25) is 5.02 Å². The summed E-state index contributed by atoms with van der Waals surface area (Å²) in [6.07, 6.45) is 3.29. The van der Waals surface area contributed by atoms with Crippen molar-refractivity contribution in [2.45, 2.75) is 31.2 Å². The summed E-state index contributed by atoms with van der Waals surface area (Å²) >= 11 is 6.15. The smallest absolute Gasteiger partial charge is 0.134 e. The SMILES string of the molecule is CN1CCc2cc(Cl)c(O)cc2[C@H]2c3ccccc3CCC21. The fourth-order valence-corrected chi connectivity index (χ4v) is 4.37. The van der Waals surface area contributed by atoms with Crippen LogP contribution < -0.4 is 0 Å². The van der Waals surface area contributed by atoms with Crippen molar-refractivity contribution in [3.8, 4) is 5.75 Å². The maximum atomic E-state index is 10.1. The van der Waals surface area contributed by atoms with Crippen LogP contribution in [-0.2, 0) is 12.8 Å². The van der Waals surface area contributed by atoms with Gasteiger partial charge in [0.15, 0.2) is 0 Å². The Morgan fingerprint density at radius 3 is 2.77 bits per heavy atom. The molecule has 1 aliphatic heterocycles. The van der Waals surface area contributed by atoms with Crippen molar-refractivity contribution in [3.63, 3.8) is 0 Å². The fourth-order valence-electron chi connectivity index (χ4n) is 4.18. The molecule has 0 saturated carbocycles. The van der Waals surface area contributed by atoms with E-state index in [2.05, 4.69) is 36.2 Å². The summed E-state index contributed by atoms with van der Waals surface area (Å²) in [5, 5.41) is 10.6. The minimum Gasteiger partial charge on any atom is -0.506 e. The molecule has 2 aromatic carbocycles. The normalized spacial score (nSPS) is 24.1. The number of halogens is 1. The molecule has 22 heavy (non-hydrogen) atoms. The van der Waals surface area contributed by atoms with Crippen LogP contribution in [0.15, 0.2) is 36.4 Å². The Morgan fingerprint density at radius 2 is 1.91 bits per heavy atom. The molecule has 2 aliphatic rings. The standard InChI is InChI=1S/C19H20ClNO/c1-21-9-8-13-10-16(20)18(22)11-15(13)19-14-5-3-2-4-12(14)6-7-17(19)21/h2-5,10-11,17,19,22H,6-9H2,1H3/t17?,19-/m1/s1. The zero-order chi connectivity index (χ0) is 15.3. The number of hydrogen-bond donors (Lipinski definition) is 1. The second-order valence-electron chi connectivity index (χ2n) is 6.52. The summed E-state index contributed by atoms with van der Waals surface area (Å²) in [4.78, 5) is 2.48. The number of aryl methyl sites for hydroxylation is 1. The molecule has 1 N–H and O–H groups in total. The van der Waals surface area contributed by atoms with E-state index in [1.165, 1.54) is 28.7 Å². The first kappa shape index (κ1) is 14.1. The Balaban J connectivity index is 1.94. The first-order valence-electron chi connectivity index (χ1n) is 7.94. The molecule has 0 aromatic heterocycles. The molecule has 114 valence electrons. The molecule has 1 aliphatic carbocycles. The number of nitrogens with zero attached hydrogens (tertiary/aromatic N) is 1. The summed E-state index contributed by atoms with van der Waals surface area (Å²) in [7, 11) is 2.22. The number of hydrogen-bond acceptors (Lipinski definition) is 2. The topological polar surface area (TPSA) is 23.5 Å². The van der Waals surface area contributed by atoms with E-state index in [0.29, 0.717) is 17.0 Å². The lowest BCUT2D eigenvalue weighted by atomic mass is 9.74. The van der Waals surface area contributed by atoms with Gasteiger partial charge >= 0.3 is 0 Å². The minimum atomic E-state index is 0.201. The first-order chi connectivity index (χ1) is 10.6. The molecular weight excluding hydrogens is 294 g/mol. The van der Waals surface area contributed by atoms with Crippen LogP contribution in [0.3, 0.4) is 0 Å². The van der Waals surface area contributed by atoms with Gasteiger partial charge in [0.1, 0.15) is 5.75 Å². The fraction of sp³-hybridized carbons (Fsp3) is 0.368. The van der Waals surface area contributed by atoms with Gasteiger partial charge < -0.3 is 10.0 Å². The van der Waals surface area contributed by atoms with E-state index in [0.717, 1.165) is 19.4 Å². The van der Waals surface area contributed by atoms with E-state index in [1.54, 1.807) is 0 Å². The van der Waals surface area contributed by atoms with Gasteiger partial charge in [-0.05, 0) is 60.7 Å². The first-order valence-corrected chi connectivity index (χ1v) is 8.32. The molecule has 0 spiro atoms. The quantitative estimate of drug-likeness (QED) is 0.795. The van der Waals surface area contributed by atoms with Gasteiger partial charge in [0.05, 0.1) is 5.02 Å². The van der Waals surface area contributed by atoms with Crippen molar-refractivity contribution in [1.82, 2.24) is 4.90 Å². The minimum absolute atomic E-state index is 0.201. The highest BCUT2D eigenvalue weighted by atomic mass is 35.5. The number of rotatable bonds is 0. The zero-order valence-corrected chi connectivity index (χ0v) is 13.5. The van der Waals surface area contributed by atoms with E-state index in [1.807, 2.05) is 12.1 Å². The summed E-state index contributed by atoms with van der Waals surface area (Å²) < 4.78 is 0. The van der Waals surface area contributed by atoms with Crippen molar-refractivity contribution >= 4 is 11.6 Å². The third-order valence-electron chi connectivity index (χ3n) is 5.33. The number of aromatic hydroxyl groups is 1. The highest BCUT2D eigenvalue weighted by Gasteiger charge is 2.36. The number of benzene rings is 2. The molecule has 0 radical (unpaired) electrons. The second-order valence-corrected chi connectivity index (χ2v) is 6.92. The largest absolute Gasteiger partial charge is 0.506 e. The van der Waals surface area contributed by atoms with Gasteiger partial charge in [-0.2, -0.15) is 0 Å². The number of fused-ring (bicyclic) bond motifs is 5. The van der Waals surface area contributed by atoms with Crippen LogP contribution in [0.25, 0.3) is 0 Å². The van der Waals surface area contributed by atoms with E-state index in [9.17, 15) is 5.11 Å². The van der Waals surface area contributed by atoms with E-state index < -0.39 is 0 Å². The molecule has 0 amide bonds. The van der Waals surface area contributed by atoms with Crippen molar-refractivity contribution in [3.05, 3.63) is 63.7 Å². The second kappa shape index (κ2) is 5.29. The molecule has 1 heterocycles. The number of phenols is 1. The Hall–Kier alpha value is -1.51. The molecular formula is C19H20ClNO. The Kier molecular flexibility index (Phi) is 3.39. The molecule has 0 fully saturated rings. The zero-order valence-electron chi connectivity index (χ0n) is 12.7. The number of phenolic OH excluding ortho intramolecular Hbond substituents is 1. The lowest BCUT2D eigenvalue weighted by molar-refractivity contribution is 0.214. The van der Waals surface area contributed by atoms with Crippen LogP contribution >= 0.6 is 11.6 Å². The Bertz CT molecular complexity index is 727. The monoisotopic (exact) mass is 313 g/mol. The number of likely N-dealkylation sites (N-methyl/N-ethyl adjacent to an activating group) is 1.